The van der Waals surface area contributed by atoms with Crippen molar-refractivity contribution in [3.63, 3.8) is 0 Å². The van der Waals surface area contributed by atoms with Crippen LogP contribution in [0.5, 0.6) is 0 Å². The molecule has 88 valence electrons. The number of nitrogens with one attached hydrogen (secondary N) is 1. The van der Waals surface area contributed by atoms with Gasteiger partial charge in [0.15, 0.2) is 0 Å². The Balaban J connectivity index is 2.86. The van der Waals surface area contributed by atoms with Crippen LogP contribution in [-0.2, 0) is 0 Å². The van der Waals surface area contributed by atoms with E-state index in [0.29, 0.717) is 0 Å². The molecule has 1 aromatic carbocycles. The van der Waals surface area contributed by atoms with Crippen molar-refractivity contribution in [1.82, 2.24) is 5.43 Å². The number of rotatable bonds is 5. The number of aryl methyl sites for hydroxylation is 1. The van der Waals surface area contributed by atoms with Crippen LogP contribution in [0.4, 0.5) is 0 Å². The van der Waals surface area contributed by atoms with Crippen LogP contribution >= 0.6 is 11.6 Å². The van der Waals surface area contributed by atoms with Crippen molar-refractivity contribution in [2.45, 2.75) is 32.7 Å². The predicted molar refractivity (Wildman–Crippen MR) is 70.3 cm³/mol. The largest absolute Gasteiger partial charge is 0.271 e. The summed E-state index contributed by atoms with van der Waals surface area (Å²) in [6, 6.07) is 6.09. The summed E-state index contributed by atoms with van der Waals surface area (Å²) in [6.07, 6.45) is 1.83. The van der Waals surface area contributed by atoms with E-state index in [0.717, 1.165) is 29.0 Å². The SMILES string of the molecule is C=C(CC)CC(NN)c1ccc(Cl)c(C)c1. The van der Waals surface area contributed by atoms with E-state index in [2.05, 4.69) is 25.0 Å². The Labute approximate surface area is 102 Å². The second kappa shape index (κ2) is 6.04. The molecule has 0 fully saturated rings. The van der Waals surface area contributed by atoms with Crippen molar-refractivity contribution >= 4 is 11.6 Å². The molecule has 0 spiro atoms. The quantitative estimate of drug-likeness (QED) is 0.468. The van der Waals surface area contributed by atoms with Crippen molar-refractivity contribution in [2.75, 3.05) is 0 Å². The molecule has 0 amide bonds. The molecule has 3 N–H and O–H groups in total. The zero-order valence-corrected chi connectivity index (χ0v) is 10.6. The topological polar surface area (TPSA) is 38.0 Å². The van der Waals surface area contributed by atoms with Gasteiger partial charge in [0.25, 0.3) is 0 Å². The average molecular weight is 239 g/mol. The van der Waals surface area contributed by atoms with Gasteiger partial charge in [-0.2, -0.15) is 0 Å². The van der Waals surface area contributed by atoms with Gasteiger partial charge >= 0.3 is 0 Å². The number of hydrogen-bond donors (Lipinski definition) is 2. The van der Waals surface area contributed by atoms with Crippen molar-refractivity contribution in [3.05, 3.63) is 46.5 Å². The first-order valence-electron chi connectivity index (χ1n) is 5.47. The minimum atomic E-state index is 0.114. The Morgan fingerprint density at radius 2 is 2.25 bits per heavy atom. The van der Waals surface area contributed by atoms with E-state index in [-0.39, 0.29) is 6.04 Å². The van der Waals surface area contributed by atoms with Gasteiger partial charge in [0.05, 0.1) is 0 Å². The Kier molecular flexibility index (Phi) is 5.00. The molecule has 3 heteroatoms. The van der Waals surface area contributed by atoms with Gasteiger partial charge in [-0.15, -0.1) is 0 Å². The first-order chi connectivity index (χ1) is 7.58. The molecule has 1 atom stereocenters. The number of nitrogens with two attached hydrogens (primary N) is 1. The summed E-state index contributed by atoms with van der Waals surface area (Å²) < 4.78 is 0. The first-order valence-corrected chi connectivity index (χ1v) is 5.85. The lowest BCUT2D eigenvalue weighted by atomic mass is 9.98. The molecular weight excluding hydrogens is 220 g/mol. The third kappa shape index (κ3) is 3.34. The fraction of sp³-hybridized carbons (Fsp3) is 0.385. The summed E-state index contributed by atoms with van der Waals surface area (Å²) >= 11 is 5.99. The summed E-state index contributed by atoms with van der Waals surface area (Å²) in [5.41, 5.74) is 6.24. The van der Waals surface area contributed by atoms with Crippen LogP contribution in [0, 0.1) is 6.92 Å². The number of halogens is 1. The minimum absolute atomic E-state index is 0.114. The molecular formula is C13H19ClN2. The second-order valence-corrected chi connectivity index (χ2v) is 4.44. The van der Waals surface area contributed by atoms with Crippen LogP contribution < -0.4 is 11.3 Å². The van der Waals surface area contributed by atoms with E-state index in [1.807, 2.05) is 19.1 Å². The summed E-state index contributed by atoms with van der Waals surface area (Å²) in [7, 11) is 0. The molecule has 0 heterocycles. The highest BCUT2D eigenvalue weighted by molar-refractivity contribution is 6.31. The van der Waals surface area contributed by atoms with Gasteiger partial charge in [-0.1, -0.05) is 42.8 Å². The van der Waals surface area contributed by atoms with Crippen molar-refractivity contribution in [3.8, 4) is 0 Å². The maximum Gasteiger partial charge on any atom is 0.0497 e. The lowest BCUT2D eigenvalue weighted by Crippen LogP contribution is -2.28. The lowest BCUT2D eigenvalue weighted by molar-refractivity contribution is 0.544. The molecule has 0 aliphatic heterocycles. The van der Waals surface area contributed by atoms with Gasteiger partial charge in [-0.05, 0) is 37.0 Å². The van der Waals surface area contributed by atoms with Gasteiger partial charge in [0, 0.05) is 11.1 Å². The average Bonchev–Trinajstić information content (AvgIpc) is 2.29. The van der Waals surface area contributed by atoms with Crippen LogP contribution in [0.25, 0.3) is 0 Å². The van der Waals surface area contributed by atoms with Gasteiger partial charge in [0.2, 0.25) is 0 Å². The van der Waals surface area contributed by atoms with Crippen molar-refractivity contribution in [1.29, 1.82) is 0 Å². The van der Waals surface area contributed by atoms with E-state index in [1.165, 1.54) is 5.57 Å². The van der Waals surface area contributed by atoms with Crippen LogP contribution in [0.3, 0.4) is 0 Å². The summed E-state index contributed by atoms with van der Waals surface area (Å²) in [5, 5.41) is 0.786. The van der Waals surface area contributed by atoms with Crippen LogP contribution in [-0.4, -0.2) is 0 Å². The zero-order chi connectivity index (χ0) is 12.1. The molecule has 2 nitrogen and oxygen atoms in total. The molecule has 1 unspecified atom stereocenters. The molecule has 1 aromatic rings. The Hall–Kier alpha value is -0.830. The van der Waals surface area contributed by atoms with Gasteiger partial charge in [0.1, 0.15) is 0 Å². The molecule has 0 aliphatic carbocycles. The predicted octanol–water partition coefficient (Wildman–Crippen LogP) is 3.51. The Bertz CT molecular complexity index is 374. The highest BCUT2D eigenvalue weighted by Gasteiger charge is 2.11. The third-order valence-electron chi connectivity index (χ3n) is 2.78. The van der Waals surface area contributed by atoms with Gasteiger partial charge in [-0.25, -0.2) is 0 Å². The maximum absolute atomic E-state index is 5.99. The standard InChI is InChI=1S/C13H19ClN2/c1-4-9(2)7-13(16-15)11-5-6-12(14)10(3)8-11/h5-6,8,13,16H,2,4,7,15H2,1,3H3. The van der Waals surface area contributed by atoms with Crippen LogP contribution in [0.1, 0.15) is 36.9 Å². The Morgan fingerprint density at radius 1 is 1.56 bits per heavy atom. The lowest BCUT2D eigenvalue weighted by Gasteiger charge is -2.18. The minimum Gasteiger partial charge on any atom is -0.271 e. The normalized spacial score (nSPS) is 12.5. The first kappa shape index (κ1) is 13.2. The van der Waals surface area contributed by atoms with E-state index in [4.69, 9.17) is 17.4 Å². The third-order valence-corrected chi connectivity index (χ3v) is 3.20. The molecule has 1 rings (SSSR count). The monoisotopic (exact) mass is 238 g/mol. The van der Waals surface area contributed by atoms with Crippen LogP contribution in [0.2, 0.25) is 5.02 Å². The van der Waals surface area contributed by atoms with E-state index < -0.39 is 0 Å². The molecule has 16 heavy (non-hydrogen) atoms. The van der Waals surface area contributed by atoms with E-state index in [1.54, 1.807) is 0 Å². The van der Waals surface area contributed by atoms with Crippen LogP contribution in [0.15, 0.2) is 30.4 Å². The van der Waals surface area contributed by atoms with Crippen molar-refractivity contribution < 1.29 is 0 Å². The summed E-state index contributed by atoms with van der Waals surface area (Å²) in [6.45, 7) is 8.10. The second-order valence-electron chi connectivity index (χ2n) is 4.04. The maximum atomic E-state index is 5.99. The van der Waals surface area contributed by atoms with E-state index in [9.17, 15) is 0 Å². The molecule has 0 saturated carbocycles. The molecule has 0 bridgehead atoms. The van der Waals surface area contributed by atoms with E-state index >= 15 is 0 Å². The molecule has 0 saturated heterocycles. The Morgan fingerprint density at radius 3 is 2.75 bits per heavy atom. The number of benzene rings is 1. The fourth-order valence-corrected chi connectivity index (χ4v) is 1.71. The molecule has 0 aliphatic rings. The number of hydrogen-bond acceptors (Lipinski definition) is 2. The molecule has 0 radical (unpaired) electrons. The molecule has 0 aromatic heterocycles. The fourth-order valence-electron chi connectivity index (χ4n) is 1.59. The zero-order valence-electron chi connectivity index (χ0n) is 9.89. The highest BCUT2D eigenvalue weighted by Crippen LogP contribution is 2.24. The number of hydrazine groups is 1. The van der Waals surface area contributed by atoms with Gasteiger partial charge in [-0.3, -0.25) is 11.3 Å². The smallest absolute Gasteiger partial charge is 0.0497 e. The highest BCUT2D eigenvalue weighted by atomic mass is 35.5. The van der Waals surface area contributed by atoms with Crippen molar-refractivity contribution in [2.24, 2.45) is 5.84 Å². The summed E-state index contributed by atoms with van der Waals surface area (Å²) in [4.78, 5) is 0. The van der Waals surface area contributed by atoms with Gasteiger partial charge < -0.3 is 0 Å². The summed E-state index contributed by atoms with van der Waals surface area (Å²) in [5.74, 6) is 5.57.